The van der Waals surface area contributed by atoms with E-state index in [4.69, 9.17) is 17.0 Å². The number of carbonyl (C=O) groups excluding carboxylic acids is 2. The van der Waals surface area contributed by atoms with E-state index in [-0.39, 0.29) is 23.0 Å². The molecule has 3 N–H and O–H groups in total. The highest BCUT2D eigenvalue weighted by Crippen LogP contribution is 2.32. The average molecular weight is 546 g/mol. The van der Waals surface area contributed by atoms with Gasteiger partial charge in [0.25, 0.3) is 17.5 Å². The van der Waals surface area contributed by atoms with E-state index >= 15 is 0 Å². The van der Waals surface area contributed by atoms with Crippen LogP contribution >= 0.6 is 44.1 Å². The van der Waals surface area contributed by atoms with Crippen LogP contribution in [0, 0.1) is 17.0 Å². The maximum atomic E-state index is 12.1. The molecule has 0 radical (unpaired) electrons. The molecule has 0 aliphatic rings. The van der Waals surface area contributed by atoms with Gasteiger partial charge < -0.3 is 4.74 Å². The number of nitrogens with one attached hydrogen (secondary N) is 3. The van der Waals surface area contributed by atoms with Crippen LogP contribution in [0.3, 0.4) is 0 Å². The standard InChI is InChI=1S/C17H14Br2N4O5S/c1-9-6-10(18)7-12(19)15(9)28-8-14(24)21-22-17(29)20-16(25)11-4-2-3-5-13(11)23(26)27/h2-7H,8H2,1H3,(H,21,24)(H2,20,22,25,29). The molecule has 12 heteroatoms. The molecule has 2 rings (SSSR count). The van der Waals surface area contributed by atoms with Gasteiger partial charge in [0.1, 0.15) is 11.3 Å². The normalized spacial score (nSPS) is 10.0. The lowest BCUT2D eigenvalue weighted by molar-refractivity contribution is -0.385. The van der Waals surface area contributed by atoms with Gasteiger partial charge in [0.05, 0.1) is 9.40 Å². The Labute approximate surface area is 187 Å². The number of nitro groups is 1. The molecule has 0 aliphatic heterocycles. The summed E-state index contributed by atoms with van der Waals surface area (Å²) in [5.74, 6) is -0.827. The van der Waals surface area contributed by atoms with Crippen LogP contribution in [-0.4, -0.2) is 28.5 Å². The highest BCUT2D eigenvalue weighted by atomic mass is 79.9. The number of rotatable bonds is 5. The van der Waals surface area contributed by atoms with Crippen molar-refractivity contribution >= 4 is 66.7 Å². The molecule has 0 fully saturated rings. The van der Waals surface area contributed by atoms with Gasteiger partial charge in [-0.15, -0.1) is 0 Å². The second kappa shape index (κ2) is 10.3. The molecule has 0 aliphatic carbocycles. The number of halogens is 2. The van der Waals surface area contributed by atoms with Crippen LogP contribution in [0.25, 0.3) is 0 Å². The van der Waals surface area contributed by atoms with Crippen LogP contribution < -0.4 is 20.9 Å². The molecule has 29 heavy (non-hydrogen) atoms. The first-order valence-corrected chi connectivity index (χ1v) is 9.90. The van der Waals surface area contributed by atoms with Crippen molar-refractivity contribution in [3.63, 3.8) is 0 Å². The Morgan fingerprint density at radius 2 is 1.90 bits per heavy atom. The fourth-order valence-electron chi connectivity index (χ4n) is 2.20. The molecule has 0 saturated heterocycles. The molecule has 152 valence electrons. The summed E-state index contributed by atoms with van der Waals surface area (Å²) in [7, 11) is 0. The number of thiocarbonyl (C=S) groups is 1. The zero-order chi connectivity index (χ0) is 21.6. The summed E-state index contributed by atoms with van der Waals surface area (Å²) in [5.41, 5.74) is 4.90. The van der Waals surface area contributed by atoms with Gasteiger partial charge in [-0.05, 0) is 58.8 Å². The van der Waals surface area contributed by atoms with Crippen LogP contribution in [0.2, 0.25) is 0 Å². The van der Waals surface area contributed by atoms with Gasteiger partial charge in [-0.2, -0.15) is 0 Å². The number of benzene rings is 2. The third-order valence-corrected chi connectivity index (χ3v) is 4.68. The summed E-state index contributed by atoms with van der Waals surface area (Å²) in [6.45, 7) is 1.52. The Kier molecular flexibility index (Phi) is 8.05. The number of aryl methyl sites for hydroxylation is 1. The monoisotopic (exact) mass is 544 g/mol. The number of nitrogens with zero attached hydrogens (tertiary/aromatic N) is 1. The predicted molar refractivity (Wildman–Crippen MR) is 117 cm³/mol. The second-order valence-electron chi connectivity index (χ2n) is 5.55. The minimum atomic E-state index is -0.783. The predicted octanol–water partition coefficient (Wildman–Crippen LogP) is 3.14. The summed E-state index contributed by atoms with van der Waals surface area (Å²) in [4.78, 5) is 34.4. The Hall–Kier alpha value is -2.57. The SMILES string of the molecule is Cc1cc(Br)cc(Br)c1OCC(=O)NNC(=S)NC(=O)c1ccccc1[N+](=O)[O-]. The highest BCUT2D eigenvalue weighted by Gasteiger charge is 2.20. The number of amides is 2. The van der Waals surface area contributed by atoms with Crippen molar-refractivity contribution in [1.82, 2.24) is 16.2 Å². The van der Waals surface area contributed by atoms with Crippen LogP contribution in [0.1, 0.15) is 15.9 Å². The maximum Gasteiger partial charge on any atom is 0.282 e. The fraction of sp³-hybridized carbons (Fsp3) is 0.118. The third kappa shape index (κ3) is 6.48. The van der Waals surface area contributed by atoms with E-state index in [2.05, 4.69) is 48.0 Å². The van der Waals surface area contributed by atoms with E-state index in [1.807, 2.05) is 13.0 Å². The van der Waals surface area contributed by atoms with E-state index in [0.29, 0.717) is 10.2 Å². The number of hydrazine groups is 1. The van der Waals surface area contributed by atoms with Gasteiger partial charge in [-0.1, -0.05) is 28.1 Å². The van der Waals surface area contributed by atoms with E-state index in [1.165, 1.54) is 24.3 Å². The Morgan fingerprint density at radius 3 is 2.55 bits per heavy atom. The van der Waals surface area contributed by atoms with Crippen molar-refractivity contribution in [2.45, 2.75) is 6.92 Å². The zero-order valence-corrected chi connectivity index (χ0v) is 18.8. The summed E-state index contributed by atoms with van der Waals surface area (Å²) in [6, 6.07) is 9.04. The molecular formula is C17H14Br2N4O5S. The van der Waals surface area contributed by atoms with Gasteiger partial charge in [-0.3, -0.25) is 35.9 Å². The molecule has 2 aromatic rings. The average Bonchev–Trinajstić information content (AvgIpc) is 2.65. The van der Waals surface area contributed by atoms with E-state index in [1.54, 1.807) is 6.07 Å². The number of ether oxygens (including phenoxy) is 1. The van der Waals surface area contributed by atoms with E-state index in [0.717, 1.165) is 10.0 Å². The first-order chi connectivity index (χ1) is 13.7. The fourth-order valence-corrected chi connectivity index (χ4v) is 3.90. The first-order valence-electron chi connectivity index (χ1n) is 7.91. The summed E-state index contributed by atoms with van der Waals surface area (Å²) in [5, 5.41) is 13.0. The Bertz CT molecular complexity index is 963. The molecule has 2 amide bonds. The minimum absolute atomic E-state index is 0.160. The summed E-state index contributed by atoms with van der Waals surface area (Å²) < 4.78 is 7.02. The second-order valence-corrected chi connectivity index (χ2v) is 7.73. The lowest BCUT2D eigenvalue weighted by atomic mass is 10.1. The van der Waals surface area contributed by atoms with Crippen molar-refractivity contribution < 1.29 is 19.2 Å². The number of carbonyl (C=O) groups is 2. The van der Waals surface area contributed by atoms with Crippen molar-refractivity contribution in [2.24, 2.45) is 0 Å². The molecule has 0 bridgehead atoms. The number of para-hydroxylation sites is 1. The largest absolute Gasteiger partial charge is 0.482 e. The summed E-state index contributed by atoms with van der Waals surface area (Å²) in [6.07, 6.45) is 0. The number of hydrogen-bond donors (Lipinski definition) is 3. The number of nitro benzene ring substituents is 1. The lowest BCUT2D eigenvalue weighted by Gasteiger charge is -2.13. The molecule has 0 saturated carbocycles. The molecule has 0 atom stereocenters. The topological polar surface area (TPSA) is 123 Å². The van der Waals surface area contributed by atoms with Crippen LogP contribution in [0.5, 0.6) is 5.75 Å². The summed E-state index contributed by atoms with van der Waals surface area (Å²) >= 11 is 11.6. The van der Waals surface area contributed by atoms with Crippen LogP contribution in [0.15, 0.2) is 45.3 Å². The number of hydrogen-bond acceptors (Lipinski definition) is 6. The van der Waals surface area contributed by atoms with E-state index in [9.17, 15) is 19.7 Å². The first kappa shape index (κ1) is 22.7. The van der Waals surface area contributed by atoms with Gasteiger partial charge in [-0.25, -0.2) is 0 Å². The van der Waals surface area contributed by atoms with Crippen molar-refractivity contribution in [1.29, 1.82) is 0 Å². The van der Waals surface area contributed by atoms with E-state index < -0.39 is 16.7 Å². The van der Waals surface area contributed by atoms with Crippen LogP contribution in [-0.2, 0) is 4.79 Å². The third-order valence-electron chi connectivity index (χ3n) is 3.43. The zero-order valence-electron chi connectivity index (χ0n) is 14.8. The molecule has 0 spiro atoms. The Morgan fingerprint density at radius 1 is 1.21 bits per heavy atom. The van der Waals surface area contributed by atoms with Gasteiger partial charge in [0.15, 0.2) is 11.7 Å². The smallest absolute Gasteiger partial charge is 0.282 e. The molecule has 0 heterocycles. The van der Waals surface area contributed by atoms with Crippen LogP contribution in [0.4, 0.5) is 5.69 Å². The molecular weight excluding hydrogens is 532 g/mol. The quantitative estimate of drug-likeness (QED) is 0.299. The van der Waals surface area contributed by atoms with Gasteiger partial charge >= 0.3 is 0 Å². The van der Waals surface area contributed by atoms with Crippen molar-refractivity contribution in [3.8, 4) is 5.75 Å². The maximum absolute atomic E-state index is 12.1. The molecule has 9 nitrogen and oxygen atoms in total. The van der Waals surface area contributed by atoms with Gasteiger partial charge in [0, 0.05) is 10.5 Å². The van der Waals surface area contributed by atoms with Gasteiger partial charge in [0.2, 0.25) is 0 Å². The minimum Gasteiger partial charge on any atom is -0.482 e. The molecule has 0 unspecified atom stereocenters. The Balaban J connectivity index is 1.86. The lowest BCUT2D eigenvalue weighted by Crippen LogP contribution is -2.49. The van der Waals surface area contributed by atoms with Crippen molar-refractivity contribution in [2.75, 3.05) is 6.61 Å². The molecule has 0 aromatic heterocycles. The highest BCUT2D eigenvalue weighted by molar-refractivity contribution is 9.11. The molecule has 2 aromatic carbocycles. The van der Waals surface area contributed by atoms with Crippen molar-refractivity contribution in [3.05, 3.63) is 66.6 Å².